The lowest BCUT2D eigenvalue weighted by atomic mass is 9.96. The molecule has 12 heteroatoms. The second-order valence-electron chi connectivity index (χ2n) is 9.72. The smallest absolute Gasteiger partial charge is 0.335 e. The van der Waals surface area contributed by atoms with E-state index in [0.29, 0.717) is 34.1 Å². The summed E-state index contributed by atoms with van der Waals surface area (Å²) in [5.41, 5.74) is 7.79. The molecule has 1 aromatic heterocycles. The number of benzene rings is 1. The Balaban J connectivity index is 0.000000342. The zero-order chi connectivity index (χ0) is 27.8. The molecule has 3 unspecified atom stereocenters. The number of carbonyl (C=O) groups is 3. The van der Waals surface area contributed by atoms with Gasteiger partial charge in [0.2, 0.25) is 0 Å². The van der Waals surface area contributed by atoms with E-state index in [0.717, 1.165) is 44.0 Å². The monoisotopic (exact) mass is 551 g/mol. The molecule has 38 heavy (non-hydrogen) atoms. The Kier molecular flexibility index (Phi) is 10.8. The van der Waals surface area contributed by atoms with Crippen molar-refractivity contribution in [2.45, 2.75) is 44.3 Å². The first kappa shape index (κ1) is 29.7. The lowest BCUT2D eigenvalue weighted by Gasteiger charge is -2.27. The summed E-state index contributed by atoms with van der Waals surface area (Å²) in [6, 6.07) is 5.36. The molecule has 2 aromatic rings. The molecule has 0 amide bonds. The largest absolute Gasteiger partial charge is 0.479 e. The Morgan fingerprint density at radius 1 is 1.11 bits per heavy atom. The number of ketones is 1. The highest BCUT2D eigenvalue weighted by Gasteiger charge is 2.29. The van der Waals surface area contributed by atoms with Crippen LogP contribution in [0, 0.1) is 11.8 Å². The van der Waals surface area contributed by atoms with E-state index in [1.165, 1.54) is 25.8 Å². The molecule has 0 aliphatic carbocycles. The first-order valence-corrected chi connectivity index (χ1v) is 12.9. The van der Waals surface area contributed by atoms with Crippen molar-refractivity contribution < 1.29 is 39.5 Å². The minimum absolute atomic E-state index is 0.105. The van der Waals surface area contributed by atoms with E-state index < -0.39 is 24.1 Å². The quantitative estimate of drug-likeness (QED) is 0.227. The summed E-state index contributed by atoms with van der Waals surface area (Å²) in [5, 5.41) is 33.7. The fraction of sp³-hybridized carbons (Fsp3) is 0.538. The number of likely N-dealkylation sites (tertiary alicyclic amines) is 1. The number of halogens is 1. The Morgan fingerprint density at radius 2 is 1.76 bits per heavy atom. The number of ether oxygens (including phenoxy) is 1. The van der Waals surface area contributed by atoms with Gasteiger partial charge in [0.1, 0.15) is 0 Å². The number of nitrogen functional groups attached to an aromatic ring is 1. The van der Waals surface area contributed by atoms with E-state index in [9.17, 15) is 14.4 Å². The summed E-state index contributed by atoms with van der Waals surface area (Å²) in [7, 11) is 0. The van der Waals surface area contributed by atoms with Gasteiger partial charge in [0.15, 0.2) is 18.0 Å². The number of carboxylic acid groups (broad SMARTS) is 2. The van der Waals surface area contributed by atoms with E-state index in [1.807, 2.05) is 12.1 Å². The van der Waals surface area contributed by atoms with Crippen LogP contribution >= 0.6 is 11.6 Å². The predicted molar refractivity (Wildman–Crippen MR) is 140 cm³/mol. The lowest BCUT2D eigenvalue weighted by Crippen LogP contribution is -2.39. The minimum Gasteiger partial charge on any atom is -0.479 e. The van der Waals surface area contributed by atoms with Gasteiger partial charge in [-0.25, -0.2) is 9.59 Å². The average molecular weight is 552 g/mol. The first-order valence-electron chi connectivity index (χ1n) is 12.6. The fourth-order valence-corrected chi connectivity index (χ4v) is 5.01. The number of hydrogen-bond donors (Lipinski definition) is 5. The Morgan fingerprint density at radius 3 is 2.39 bits per heavy atom. The van der Waals surface area contributed by atoms with Gasteiger partial charge in [0, 0.05) is 49.9 Å². The highest BCUT2D eigenvalue weighted by Crippen LogP contribution is 2.32. The van der Waals surface area contributed by atoms with Gasteiger partial charge in [-0.2, -0.15) is 0 Å². The zero-order valence-corrected chi connectivity index (χ0v) is 21.7. The SMILES string of the molecule is Nc1c(Cl)cc(C(=O)CCC2CCN(CC3CCOCC3)C2)c2ncccc12.O=C(O)C(O)C(O)C(=O)O. The number of carbonyl (C=O) groups excluding carboxylic acids is 1. The molecule has 0 radical (unpaired) electrons. The number of hydrogen-bond acceptors (Lipinski definition) is 9. The van der Waals surface area contributed by atoms with Crippen LogP contribution in [0.5, 0.6) is 0 Å². The van der Waals surface area contributed by atoms with Gasteiger partial charge in [-0.15, -0.1) is 0 Å². The van der Waals surface area contributed by atoms with Crippen LogP contribution in [0.3, 0.4) is 0 Å². The highest BCUT2D eigenvalue weighted by molar-refractivity contribution is 6.35. The standard InChI is InChI=1S/C22H28ClN3O2.C4H6O6/c23-19-12-18(22-17(21(19)24)2-1-8-25-22)20(27)4-3-15-5-9-26(13-15)14-16-6-10-28-11-7-16;5-1(3(7)8)2(6)4(9)10/h1-2,8,12,15-16H,3-7,9-11,13-14,24H2;1-2,5-6H,(H,7,8)(H,9,10). The van der Waals surface area contributed by atoms with E-state index in [4.69, 9.17) is 42.5 Å². The van der Waals surface area contributed by atoms with E-state index in [-0.39, 0.29) is 5.78 Å². The van der Waals surface area contributed by atoms with Gasteiger partial charge >= 0.3 is 11.9 Å². The van der Waals surface area contributed by atoms with Crippen LogP contribution in [-0.2, 0) is 14.3 Å². The van der Waals surface area contributed by atoms with Gasteiger partial charge < -0.3 is 35.8 Å². The molecule has 1 aromatic carbocycles. The summed E-state index contributed by atoms with van der Waals surface area (Å²) in [4.78, 5) is 39.4. The van der Waals surface area contributed by atoms with Crippen molar-refractivity contribution in [1.29, 1.82) is 0 Å². The molecular weight excluding hydrogens is 518 g/mol. The number of carboxylic acids is 2. The number of aliphatic hydroxyl groups excluding tert-OH is 2. The maximum absolute atomic E-state index is 12.9. The van der Waals surface area contributed by atoms with E-state index in [1.54, 1.807) is 12.3 Å². The number of aliphatic hydroxyl groups is 2. The number of fused-ring (bicyclic) bond motifs is 1. The van der Waals surface area contributed by atoms with Gasteiger partial charge in [-0.3, -0.25) is 9.78 Å². The molecule has 2 saturated heterocycles. The maximum Gasteiger partial charge on any atom is 0.335 e. The molecule has 208 valence electrons. The number of anilines is 1. The fourth-order valence-electron chi connectivity index (χ4n) is 4.80. The Labute approximate surface area is 225 Å². The third-order valence-corrected chi connectivity index (χ3v) is 7.31. The minimum atomic E-state index is -2.27. The zero-order valence-electron chi connectivity index (χ0n) is 21.0. The van der Waals surface area contributed by atoms with Crippen LogP contribution in [0.25, 0.3) is 10.9 Å². The second kappa shape index (κ2) is 13.8. The van der Waals surface area contributed by atoms with E-state index in [2.05, 4.69) is 9.88 Å². The van der Waals surface area contributed by atoms with Crippen molar-refractivity contribution in [3.8, 4) is 0 Å². The molecule has 0 saturated carbocycles. The molecule has 0 spiro atoms. The van der Waals surface area contributed by atoms with Crippen LogP contribution in [-0.4, -0.2) is 93.1 Å². The lowest BCUT2D eigenvalue weighted by molar-refractivity contribution is -0.165. The number of pyridine rings is 1. The number of nitrogens with two attached hydrogens (primary N) is 1. The van der Waals surface area contributed by atoms with Crippen LogP contribution in [0.15, 0.2) is 24.4 Å². The van der Waals surface area contributed by atoms with Crippen LogP contribution < -0.4 is 5.73 Å². The number of aromatic nitrogens is 1. The van der Waals surface area contributed by atoms with E-state index >= 15 is 0 Å². The van der Waals surface area contributed by atoms with Crippen molar-refractivity contribution >= 4 is 45.9 Å². The molecule has 2 fully saturated rings. The topological polar surface area (TPSA) is 184 Å². The van der Waals surface area contributed by atoms with Gasteiger partial charge in [0.05, 0.1) is 16.2 Å². The first-order chi connectivity index (χ1) is 18.1. The van der Waals surface area contributed by atoms with Crippen LogP contribution in [0.2, 0.25) is 5.02 Å². The third-order valence-electron chi connectivity index (χ3n) is 6.99. The summed E-state index contributed by atoms with van der Waals surface area (Å²) in [6.07, 6.45) is 2.14. The predicted octanol–water partition coefficient (Wildman–Crippen LogP) is 2.06. The normalized spacial score (nSPS) is 19.9. The maximum atomic E-state index is 12.9. The van der Waals surface area contributed by atoms with Crippen molar-refractivity contribution in [2.75, 3.05) is 38.6 Å². The van der Waals surface area contributed by atoms with Crippen molar-refractivity contribution in [2.24, 2.45) is 11.8 Å². The van der Waals surface area contributed by atoms with Gasteiger partial charge in [-0.1, -0.05) is 11.6 Å². The molecule has 3 atom stereocenters. The Hall–Kier alpha value is -2.83. The average Bonchev–Trinajstić information content (AvgIpc) is 3.36. The van der Waals surface area contributed by atoms with Crippen LogP contribution in [0.1, 0.15) is 42.5 Å². The van der Waals surface area contributed by atoms with Crippen molar-refractivity contribution in [1.82, 2.24) is 9.88 Å². The summed E-state index contributed by atoms with van der Waals surface area (Å²) >= 11 is 6.26. The number of aliphatic carboxylic acids is 2. The number of Topliss-reactive ketones (excluding diaryl/α,β-unsaturated/α-hetero) is 1. The Bertz CT molecular complexity index is 1120. The van der Waals surface area contributed by atoms with Crippen molar-refractivity contribution in [3.63, 3.8) is 0 Å². The third kappa shape index (κ3) is 7.84. The molecular formula is C26H34ClN3O8. The molecule has 0 bridgehead atoms. The van der Waals surface area contributed by atoms with Crippen molar-refractivity contribution in [3.05, 3.63) is 35.0 Å². The number of nitrogens with zero attached hydrogens (tertiary/aromatic N) is 2. The molecule has 2 aliphatic rings. The molecule has 2 aliphatic heterocycles. The summed E-state index contributed by atoms with van der Waals surface area (Å²) < 4.78 is 5.46. The van der Waals surface area contributed by atoms with Gasteiger partial charge in [0.25, 0.3) is 0 Å². The number of rotatable bonds is 9. The molecule has 11 nitrogen and oxygen atoms in total. The van der Waals surface area contributed by atoms with Crippen LogP contribution in [0.4, 0.5) is 5.69 Å². The molecule has 3 heterocycles. The second-order valence-corrected chi connectivity index (χ2v) is 10.1. The highest BCUT2D eigenvalue weighted by atomic mass is 35.5. The molecule has 4 rings (SSSR count). The van der Waals surface area contributed by atoms with Gasteiger partial charge in [-0.05, 0) is 62.3 Å². The molecule has 6 N–H and O–H groups in total. The summed E-state index contributed by atoms with van der Waals surface area (Å²) in [6.45, 7) is 5.24. The summed E-state index contributed by atoms with van der Waals surface area (Å²) in [5.74, 6) is -2.07.